The number of carbonyl (C=O) groups is 2. The Balaban J connectivity index is 1.63. The van der Waals surface area contributed by atoms with Crippen molar-refractivity contribution < 1.29 is 9.59 Å². The Morgan fingerprint density at radius 3 is 2.62 bits per heavy atom. The van der Waals surface area contributed by atoms with Gasteiger partial charge in [0.2, 0.25) is 5.91 Å². The number of nitrogens with zero attached hydrogens (tertiary/aromatic N) is 2. The Kier molecular flexibility index (Phi) is 6.61. The van der Waals surface area contributed by atoms with E-state index in [1.54, 1.807) is 36.4 Å². The molecule has 1 heterocycles. The van der Waals surface area contributed by atoms with Gasteiger partial charge in [-0.05, 0) is 43.3 Å². The van der Waals surface area contributed by atoms with Crippen LogP contribution in [0.2, 0.25) is 0 Å². The summed E-state index contributed by atoms with van der Waals surface area (Å²) >= 11 is 3.35. The molecule has 0 aliphatic carbocycles. The summed E-state index contributed by atoms with van der Waals surface area (Å²) in [6, 6.07) is 11.8. The number of hydrogen-bond acceptors (Lipinski definition) is 4. The maximum absolute atomic E-state index is 12.6. The fourth-order valence-electron chi connectivity index (χ4n) is 2.75. The average Bonchev–Trinajstić information content (AvgIpc) is 2.68. The molecule has 1 aromatic heterocycles. The van der Waals surface area contributed by atoms with Gasteiger partial charge in [0.1, 0.15) is 0 Å². The van der Waals surface area contributed by atoms with E-state index in [1.165, 1.54) is 10.9 Å². The van der Waals surface area contributed by atoms with Crippen LogP contribution in [-0.4, -0.2) is 28.0 Å². The number of urea groups is 1. The van der Waals surface area contributed by atoms with Crippen LogP contribution in [0.1, 0.15) is 13.3 Å². The summed E-state index contributed by atoms with van der Waals surface area (Å²) in [6.45, 7) is 2.55. The van der Waals surface area contributed by atoms with Gasteiger partial charge >= 0.3 is 6.03 Å². The quantitative estimate of drug-likeness (QED) is 0.527. The van der Waals surface area contributed by atoms with Gasteiger partial charge in [-0.15, -0.1) is 0 Å². The van der Waals surface area contributed by atoms with Gasteiger partial charge in [0.15, 0.2) is 0 Å². The van der Waals surface area contributed by atoms with Crippen LogP contribution in [0.15, 0.2) is 58.1 Å². The molecule has 2 aromatic carbocycles. The Labute approximate surface area is 175 Å². The van der Waals surface area contributed by atoms with E-state index in [0.29, 0.717) is 28.8 Å². The summed E-state index contributed by atoms with van der Waals surface area (Å²) in [5.41, 5.74) is 1.53. The minimum Gasteiger partial charge on any atom is -0.338 e. The van der Waals surface area contributed by atoms with Crippen LogP contribution in [-0.2, 0) is 11.3 Å². The maximum atomic E-state index is 12.6. The van der Waals surface area contributed by atoms with Gasteiger partial charge in [-0.2, -0.15) is 0 Å². The Hall–Kier alpha value is -3.20. The highest BCUT2D eigenvalue weighted by atomic mass is 79.9. The number of carbonyl (C=O) groups excluding carboxylic acids is 2. The fraction of sp³-hybridized carbons (Fsp3) is 0.200. The van der Waals surface area contributed by atoms with Gasteiger partial charge in [0.25, 0.3) is 5.56 Å². The fourth-order valence-corrected chi connectivity index (χ4v) is 3.11. The first-order valence-electron chi connectivity index (χ1n) is 9.05. The standard InChI is InChI=1S/C20H20BrN5O3/c1-2-22-20(29)25-15-5-3-4-14(11-15)24-18(27)8-9-26-12-23-17-7-6-13(21)10-16(17)19(26)28/h3-7,10-12H,2,8-9H2,1H3,(H,24,27)(H2,22,25,29). The second-order valence-electron chi connectivity index (χ2n) is 6.27. The second-order valence-corrected chi connectivity index (χ2v) is 7.18. The van der Waals surface area contributed by atoms with Crippen LogP contribution in [0.5, 0.6) is 0 Å². The first kappa shape index (κ1) is 20.5. The second kappa shape index (κ2) is 9.33. The highest BCUT2D eigenvalue weighted by Gasteiger charge is 2.08. The lowest BCUT2D eigenvalue weighted by Gasteiger charge is -2.10. The molecule has 0 bridgehead atoms. The largest absolute Gasteiger partial charge is 0.338 e. The van der Waals surface area contributed by atoms with Crippen molar-refractivity contribution in [2.24, 2.45) is 0 Å². The number of anilines is 2. The summed E-state index contributed by atoms with van der Waals surface area (Å²) in [7, 11) is 0. The van der Waals surface area contributed by atoms with Crippen LogP contribution in [0.3, 0.4) is 0 Å². The number of aryl methyl sites for hydroxylation is 1. The molecule has 3 rings (SSSR count). The molecule has 3 aromatic rings. The number of amides is 3. The SMILES string of the molecule is CCNC(=O)Nc1cccc(NC(=O)CCn2cnc3ccc(Br)cc3c2=O)c1. The normalized spacial score (nSPS) is 10.6. The molecule has 9 heteroatoms. The van der Waals surface area contributed by atoms with Crippen molar-refractivity contribution in [3.63, 3.8) is 0 Å². The van der Waals surface area contributed by atoms with E-state index in [-0.39, 0.29) is 30.5 Å². The first-order chi connectivity index (χ1) is 14.0. The van der Waals surface area contributed by atoms with E-state index in [4.69, 9.17) is 0 Å². The summed E-state index contributed by atoms with van der Waals surface area (Å²) in [5, 5.41) is 8.58. The monoisotopic (exact) mass is 457 g/mol. The van der Waals surface area contributed by atoms with Crippen molar-refractivity contribution in [1.29, 1.82) is 0 Å². The predicted octanol–water partition coefficient (Wildman–Crippen LogP) is 3.33. The molecule has 8 nitrogen and oxygen atoms in total. The van der Waals surface area contributed by atoms with Gasteiger partial charge < -0.3 is 16.0 Å². The van der Waals surface area contributed by atoms with Crippen LogP contribution in [0, 0.1) is 0 Å². The van der Waals surface area contributed by atoms with E-state index in [1.807, 2.05) is 13.0 Å². The van der Waals surface area contributed by atoms with Crippen molar-refractivity contribution in [3.05, 3.63) is 63.6 Å². The lowest BCUT2D eigenvalue weighted by Crippen LogP contribution is -2.28. The van der Waals surface area contributed by atoms with Crippen LogP contribution in [0.4, 0.5) is 16.2 Å². The molecule has 0 aliphatic heterocycles. The average molecular weight is 458 g/mol. The zero-order chi connectivity index (χ0) is 20.8. The van der Waals surface area contributed by atoms with Crippen LogP contribution in [0.25, 0.3) is 10.9 Å². The summed E-state index contributed by atoms with van der Waals surface area (Å²) in [4.78, 5) is 40.7. The Bertz CT molecular complexity index is 1110. The van der Waals surface area contributed by atoms with Crippen molar-refractivity contribution in [2.75, 3.05) is 17.2 Å². The lowest BCUT2D eigenvalue weighted by atomic mass is 10.2. The third-order valence-corrected chi connectivity index (χ3v) is 4.60. The number of halogens is 1. The van der Waals surface area contributed by atoms with E-state index in [0.717, 1.165) is 4.47 Å². The Morgan fingerprint density at radius 2 is 1.86 bits per heavy atom. The summed E-state index contributed by atoms with van der Waals surface area (Å²) < 4.78 is 2.21. The van der Waals surface area contributed by atoms with Crippen molar-refractivity contribution >= 4 is 50.1 Å². The molecule has 0 aliphatic rings. The molecule has 150 valence electrons. The topological polar surface area (TPSA) is 105 Å². The molecule has 29 heavy (non-hydrogen) atoms. The molecule has 0 unspecified atom stereocenters. The molecule has 0 atom stereocenters. The number of aromatic nitrogens is 2. The number of nitrogens with one attached hydrogen (secondary N) is 3. The van der Waals surface area contributed by atoms with Crippen molar-refractivity contribution in [3.8, 4) is 0 Å². The molecular formula is C20H20BrN5O3. The summed E-state index contributed by atoms with van der Waals surface area (Å²) in [5.74, 6) is -0.249. The number of hydrogen-bond donors (Lipinski definition) is 3. The van der Waals surface area contributed by atoms with Gasteiger partial charge in [-0.3, -0.25) is 14.2 Å². The third kappa shape index (κ3) is 5.41. The number of rotatable bonds is 6. The third-order valence-electron chi connectivity index (χ3n) is 4.11. The molecule has 0 spiro atoms. The minimum atomic E-state index is -0.314. The van der Waals surface area contributed by atoms with Crippen LogP contribution < -0.4 is 21.5 Å². The van der Waals surface area contributed by atoms with Crippen molar-refractivity contribution in [2.45, 2.75) is 19.9 Å². The number of benzene rings is 2. The minimum absolute atomic E-state index is 0.106. The smallest absolute Gasteiger partial charge is 0.319 e. The molecule has 0 radical (unpaired) electrons. The molecule has 3 amide bonds. The highest BCUT2D eigenvalue weighted by molar-refractivity contribution is 9.10. The van der Waals surface area contributed by atoms with E-state index < -0.39 is 0 Å². The lowest BCUT2D eigenvalue weighted by molar-refractivity contribution is -0.116. The predicted molar refractivity (Wildman–Crippen MR) is 116 cm³/mol. The van der Waals surface area contributed by atoms with Gasteiger partial charge in [0, 0.05) is 35.4 Å². The van der Waals surface area contributed by atoms with E-state index in [9.17, 15) is 14.4 Å². The number of fused-ring (bicyclic) bond motifs is 1. The van der Waals surface area contributed by atoms with E-state index >= 15 is 0 Å². The van der Waals surface area contributed by atoms with Gasteiger partial charge in [0.05, 0.1) is 17.2 Å². The molecule has 0 saturated heterocycles. The molecular weight excluding hydrogens is 438 g/mol. The first-order valence-corrected chi connectivity index (χ1v) is 9.85. The Morgan fingerprint density at radius 1 is 1.10 bits per heavy atom. The molecule has 0 fully saturated rings. The summed E-state index contributed by atoms with van der Waals surface area (Å²) in [6.07, 6.45) is 1.55. The zero-order valence-corrected chi connectivity index (χ0v) is 17.3. The highest BCUT2D eigenvalue weighted by Crippen LogP contribution is 2.16. The van der Waals surface area contributed by atoms with Crippen LogP contribution >= 0.6 is 15.9 Å². The van der Waals surface area contributed by atoms with E-state index in [2.05, 4.69) is 36.9 Å². The maximum Gasteiger partial charge on any atom is 0.319 e. The zero-order valence-electron chi connectivity index (χ0n) is 15.7. The molecule has 3 N–H and O–H groups in total. The van der Waals surface area contributed by atoms with Crippen molar-refractivity contribution in [1.82, 2.24) is 14.9 Å². The van der Waals surface area contributed by atoms with Gasteiger partial charge in [-0.1, -0.05) is 22.0 Å². The van der Waals surface area contributed by atoms with Gasteiger partial charge in [-0.25, -0.2) is 9.78 Å². The molecule has 0 saturated carbocycles.